The van der Waals surface area contributed by atoms with E-state index in [2.05, 4.69) is 5.32 Å². The van der Waals surface area contributed by atoms with Crippen molar-refractivity contribution in [2.24, 2.45) is 0 Å². The van der Waals surface area contributed by atoms with E-state index in [1.54, 1.807) is 32.4 Å². The Hall–Kier alpha value is -1.43. The van der Waals surface area contributed by atoms with Gasteiger partial charge >= 0.3 is 0 Å². The van der Waals surface area contributed by atoms with Crippen LogP contribution in [0.3, 0.4) is 0 Å². The molecule has 0 atom stereocenters. The molecule has 0 heterocycles. The van der Waals surface area contributed by atoms with E-state index in [-0.39, 0.29) is 5.75 Å². The lowest BCUT2D eigenvalue weighted by Gasteiger charge is -2.10. The lowest BCUT2D eigenvalue weighted by atomic mass is 10.3. The molecule has 1 aromatic rings. The summed E-state index contributed by atoms with van der Waals surface area (Å²) in [4.78, 5) is 0. The Bertz CT molecular complexity index is 448. The molecular formula is C11H17NO4S. The summed E-state index contributed by atoms with van der Waals surface area (Å²) in [5.74, 6) is 1.41. The fraction of sp³-hybridized carbons (Fsp3) is 0.455. The summed E-state index contributed by atoms with van der Waals surface area (Å²) in [6.45, 7) is 0.356. The molecule has 0 amide bonds. The highest BCUT2D eigenvalue weighted by atomic mass is 32.2. The Balaban J connectivity index is 2.70. The molecule has 0 fully saturated rings. The van der Waals surface area contributed by atoms with Crippen molar-refractivity contribution in [3.63, 3.8) is 0 Å². The van der Waals surface area contributed by atoms with Crippen LogP contribution in [0.5, 0.6) is 11.5 Å². The van der Waals surface area contributed by atoms with Gasteiger partial charge in [0.1, 0.15) is 21.3 Å². The van der Waals surface area contributed by atoms with E-state index < -0.39 is 9.84 Å². The molecule has 0 aliphatic heterocycles. The summed E-state index contributed by atoms with van der Waals surface area (Å²) in [7, 11) is 0.178. The Kier molecular flexibility index (Phi) is 4.62. The van der Waals surface area contributed by atoms with Crippen molar-refractivity contribution in [2.75, 3.05) is 38.1 Å². The van der Waals surface area contributed by atoms with E-state index in [4.69, 9.17) is 9.47 Å². The Morgan fingerprint density at radius 3 is 2.06 bits per heavy atom. The Morgan fingerprint density at radius 2 is 1.65 bits per heavy atom. The molecule has 96 valence electrons. The van der Waals surface area contributed by atoms with Crippen LogP contribution in [-0.2, 0) is 9.84 Å². The van der Waals surface area contributed by atoms with Crippen LogP contribution in [0.1, 0.15) is 0 Å². The van der Waals surface area contributed by atoms with E-state index in [1.807, 2.05) is 0 Å². The van der Waals surface area contributed by atoms with Crippen LogP contribution in [0.4, 0.5) is 5.69 Å². The van der Waals surface area contributed by atoms with Gasteiger partial charge in [0.15, 0.2) is 0 Å². The quantitative estimate of drug-likeness (QED) is 0.830. The van der Waals surface area contributed by atoms with Crippen molar-refractivity contribution >= 4 is 15.5 Å². The summed E-state index contributed by atoms with van der Waals surface area (Å²) in [5, 5.41) is 3.01. The maximum atomic E-state index is 11.0. The third-order valence-electron chi connectivity index (χ3n) is 2.15. The second-order valence-corrected chi connectivity index (χ2v) is 5.92. The highest BCUT2D eigenvalue weighted by Crippen LogP contribution is 2.25. The van der Waals surface area contributed by atoms with Gasteiger partial charge < -0.3 is 14.8 Å². The van der Waals surface area contributed by atoms with E-state index >= 15 is 0 Å². The third kappa shape index (κ3) is 4.95. The minimum absolute atomic E-state index is 0.0898. The van der Waals surface area contributed by atoms with Crippen molar-refractivity contribution in [3.8, 4) is 11.5 Å². The lowest BCUT2D eigenvalue weighted by Crippen LogP contribution is -2.14. The smallest absolute Gasteiger partial charge is 0.149 e. The van der Waals surface area contributed by atoms with Crippen molar-refractivity contribution in [1.82, 2.24) is 0 Å². The summed E-state index contributed by atoms with van der Waals surface area (Å²) in [5.41, 5.74) is 0.768. The molecule has 5 nitrogen and oxygen atoms in total. The zero-order valence-corrected chi connectivity index (χ0v) is 11.0. The topological polar surface area (TPSA) is 64.6 Å². The van der Waals surface area contributed by atoms with Crippen molar-refractivity contribution in [1.29, 1.82) is 0 Å². The Labute approximate surface area is 102 Å². The average Bonchev–Trinajstić information content (AvgIpc) is 2.26. The largest absolute Gasteiger partial charge is 0.497 e. The Morgan fingerprint density at radius 1 is 1.12 bits per heavy atom. The SMILES string of the molecule is COc1cc(NCCS(C)(=O)=O)cc(OC)c1. The van der Waals surface area contributed by atoms with Gasteiger partial charge in [-0.15, -0.1) is 0 Å². The minimum Gasteiger partial charge on any atom is -0.497 e. The highest BCUT2D eigenvalue weighted by molar-refractivity contribution is 7.90. The first-order valence-corrected chi connectivity index (χ1v) is 7.15. The summed E-state index contributed by atoms with van der Waals surface area (Å²) < 4.78 is 32.2. The number of rotatable bonds is 6. The molecule has 0 aromatic heterocycles. The molecule has 0 unspecified atom stereocenters. The van der Waals surface area contributed by atoms with E-state index in [1.165, 1.54) is 6.26 Å². The second kappa shape index (κ2) is 5.77. The maximum absolute atomic E-state index is 11.0. The first-order valence-electron chi connectivity index (χ1n) is 5.09. The lowest BCUT2D eigenvalue weighted by molar-refractivity contribution is 0.394. The summed E-state index contributed by atoms with van der Waals surface area (Å²) in [6.07, 6.45) is 1.21. The number of benzene rings is 1. The number of ether oxygens (including phenoxy) is 2. The van der Waals surface area contributed by atoms with Gasteiger partial charge in [-0.2, -0.15) is 0 Å². The van der Waals surface area contributed by atoms with Gasteiger partial charge in [-0.05, 0) is 0 Å². The van der Waals surface area contributed by atoms with Gasteiger partial charge in [0.05, 0.1) is 20.0 Å². The average molecular weight is 259 g/mol. The predicted molar refractivity (Wildman–Crippen MR) is 67.7 cm³/mol. The fourth-order valence-electron chi connectivity index (χ4n) is 1.29. The van der Waals surface area contributed by atoms with Gasteiger partial charge in [0.25, 0.3) is 0 Å². The molecule has 1 N–H and O–H groups in total. The molecule has 0 saturated carbocycles. The van der Waals surface area contributed by atoms with Crippen LogP contribution >= 0.6 is 0 Å². The van der Waals surface area contributed by atoms with Crippen LogP contribution in [0, 0.1) is 0 Å². The van der Waals surface area contributed by atoms with Crippen LogP contribution in [-0.4, -0.2) is 41.2 Å². The molecule has 0 aliphatic rings. The first kappa shape index (κ1) is 13.6. The molecule has 0 bridgehead atoms. The molecule has 0 radical (unpaired) electrons. The zero-order valence-electron chi connectivity index (χ0n) is 10.2. The zero-order chi connectivity index (χ0) is 12.9. The maximum Gasteiger partial charge on any atom is 0.149 e. The summed E-state index contributed by atoms with van der Waals surface area (Å²) >= 11 is 0. The molecule has 1 aromatic carbocycles. The second-order valence-electron chi connectivity index (χ2n) is 3.66. The van der Waals surface area contributed by atoms with Crippen LogP contribution < -0.4 is 14.8 Å². The number of sulfone groups is 1. The van der Waals surface area contributed by atoms with E-state index in [0.29, 0.717) is 18.0 Å². The molecule has 1 rings (SSSR count). The van der Waals surface area contributed by atoms with Crippen molar-refractivity contribution < 1.29 is 17.9 Å². The normalized spacial score (nSPS) is 11.0. The number of hydrogen-bond donors (Lipinski definition) is 1. The molecule has 6 heteroatoms. The minimum atomic E-state index is -2.95. The van der Waals surface area contributed by atoms with Crippen LogP contribution in [0.25, 0.3) is 0 Å². The fourth-order valence-corrected chi connectivity index (χ4v) is 1.76. The standard InChI is InChI=1S/C11H17NO4S/c1-15-10-6-9(7-11(8-10)16-2)12-4-5-17(3,13)14/h6-8,12H,4-5H2,1-3H3. The van der Waals surface area contributed by atoms with E-state index in [9.17, 15) is 8.42 Å². The molecule has 17 heavy (non-hydrogen) atoms. The van der Waals surface area contributed by atoms with Gasteiger partial charge in [-0.3, -0.25) is 0 Å². The molecule has 0 saturated heterocycles. The number of hydrogen-bond acceptors (Lipinski definition) is 5. The van der Waals surface area contributed by atoms with Gasteiger partial charge in [0.2, 0.25) is 0 Å². The van der Waals surface area contributed by atoms with Gasteiger partial charge in [-0.25, -0.2) is 8.42 Å². The predicted octanol–water partition coefficient (Wildman–Crippen LogP) is 1.16. The van der Waals surface area contributed by atoms with Crippen LogP contribution in [0.15, 0.2) is 18.2 Å². The number of methoxy groups -OCH3 is 2. The molecule has 0 aliphatic carbocycles. The molecule has 0 spiro atoms. The highest BCUT2D eigenvalue weighted by Gasteiger charge is 2.04. The monoisotopic (exact) mass is 259 g/mol. The first-order chi connectivity index (χ1) is 7.94. The number of anilines is 1. The third-order valence-corrected chi connectivity index (χ3v) is 3.10. The van der Waals surface area contributed by atoms with Crippen molar-refractivity contribution in [3.05, 3.63) is 18.2 Å². The summed E-state index contributed by atoms with van der Waals surface area (Å²) in [6, 6.07) is 5.32. The number of nitrogens with one attached hydrogen (secondary N) is 1. The van der Waals surface area contributed by atoms with Crippen LogP contribution in [0.2, 0.25) is 0 Å². The van der Waals surface area contributed by atoms with Gasteiger partial charge in [0, 0.05) is 36.7 Å². The van der Waals surface area contributed by atoms with Gasteiger partial charge in [-0.1, -0.05) is 0 Å². The van der Waals surface area contributed by atoms with Crippen molar-refractivity contribution in [2.45, 2.75) is 0 Å². The van der Waals surface area contributed by atoms with E-state index in [0.717, 1.165) is 5.69 Å². The molecular weight excluding hydrogens is 242 g/mol.